The summed E-state index contributed by atoms with van der Waals surface area (Å²) in [5.74, 6) is -4.77. The maximum atomic E-state index is 13.2. The van der Waals surface area contributed by atoms with Crippen molar-refractivity contribution in [2.45, 2.75) is 69.3 Å². The van der Waals surface area contributed by atoms with E-state index in [9.17, 15) is 34.2 Å². The number of aromatic nitrogens is 2. The molecule has 212 valence electrons. The Bertz CT molecular complexity index is 979. The second kappa shape index (κ2) is 15.8. The molecule has 17 heteroatoms. The highest BCUT2D eigenvalue weighted by Gasteiger charge is 2.31. The third kappa shape index (κ3) is 11.7. The van der Waals surface area contributed by atoms with Crippen LogP contribution in [0.1, 0.15) is 38.3 Å². The van der Waals surface area contributed by atoms with Crippen LogP contribution in [-0.4, -0.2) is 92.6 Å². The molecule has 0 saturated carbocycles. The Labute approximate surface area is 218 Å². The van der Waals surface area contributed by atoms with Crippen molar-refractivity contribution in [3.05, 3.63) is 18.2 Å². The summed E-state index contributed by atoms with van der Waals surface area (Å²) in [5, 5.41) is 26.3. The summed E-state index contributed by atoms with van der Waals surface area (Å²) in [5.41, 5.74) is 21.8. The number of aliphatic carboxylic acids is 1. The molecular weight excluding hydrogens is 504 g/mol. The number of aromatic amines is 1. The molecule has 0 aliphatic heterocycles. The number of amides is 4. The number of carbonyl (C=O) groups excluding carboxylic acids is 4. The fraction of sp³-hybridized carbons (Fsp3) is 0.571. The second-order valence-electron chi connectivity index (χ2n) is 8.52. The Hall–Kier alpha value is -4.25. The van der Waals surface area contributed by atoms with Gasteiger partial charge in [0.05, 0.1) is 12.4 Å². The van der Waals surface area contributed by atoms with E-state index in [1.165, 1.54) is 19.4 Å². The average molecular weight is 541 g/mol. The molecule has 0 aliphatic carbocycles. The second-order valence-corrected chi connectivity index (χ2v) is 8.52. The number of nitrogens with two attached hydrogens (primary N) is 4. The number of aliphatic hydroxyl groups excluding tert-OH is 1. The Morgan fingerprint density at radius 3 is 2.13 bits per heavy atom. The minimum atomic E-state index is -1.45. The smallest absolute Gasteiger partial charge is 0.326 e. The lowest BCUT2D eigenvalue weighted by Gasteiger charge is -2.25. The number of primary amides is 1. The van der Waals surface area contributed by atoms with Crippen molar-refractivity contribution in [1.29, 1.82) is 0 Å². The van der Waals surface area contributed by atoms with Gasteiger partial charge >= 0.3 is 5.97 Å². The lowest BCUT2D eigenvalue weighted by atomic mass is 10.1. The van der Waals surface area contributed by atoms with E-state index in [0.717, 1.165) is 0 Å². The van der Waals surface area contributed by atoms with Gasteiger partial charge in [-0.15, -0.1) is 0 Å². The predicted molar refractivity (Wildman–Crippen MR) is 134 cm³/mol. The summed E-state index contributed by atoms with van der Waals surface area (Å²) in [6.45, 7) is 1.45. The molecule has 0 saturated heterocycles. The molecule has 0 spiro atoms. The van der Waals surface area contributed by atoms with Crippen molar-refractivity contribution in [2.75, 3.05) is 6.54 Å². The number of carbonyl (C=O) groups is 5. The molecule has 0 radical (unpaired) electrons. The number of guanidine groups is 1. The van der Waals surface area contributed by atoms with Gasteiger partial charge in [0.15, 0.2) is 5.96 Å². The van der Waals surface area contributed by atoms with Crippen LogP contribution < -0.4 is 38.9 Å². The molecule has 1 rings (SSSR count). The topological polar surface area (TPSA) is 307 Å². The number of nitrogens with one attached hydrogen (secondary N) is 4. The zero-order chi connectivity index (χ0) is 28.8. The molecule has 17 nitrogen and oxygen atoms in total. The average Bonchev–Trinajstić information content (AvgIpc) is 3.34. The van der Waals surface area contributed by atoms with E-state index in [-0.39, 0.29) is 44.6 Å². The Balaban J connectivity index is 3.10. The van der Waals surface area contributed by atoms with Crippen molar-refractivity contribution < 1.29 is 34.2 Å². The standard InChI is InChI=1S/C21H36N10O7/c1-10(32)16(23)19(36)29-12(3-2-6-27-21(24)25)17(34)31-14(7-11-8-26-9-28-11)18(35)30-13(20(37)38)4-5-15(22)33/h8-10,12-14,16,32H,2-7,23H2,1H3,(H2,22,33)(H,26,28)(H,29,36)(H,30,35)(H,31,34)(H,37,38)(H4,24,25,27). The van der Waals surface area contributed by atoms with Crippen LogP contribution in [0.3, 0.4) is 0 Å². The Morgan fingerprint density at radius 2 is 1.61 bits per heavy atom. The van der Waals surface area contributed by atoms with Crippen LogP contribution in [0.15, 0.2) is 17.5 Å². The minimum Gasteiger partial charge on any atom is -0.480 e. The summed E-state index contributed by atoms with van der Waals surface area (Å²) < 4.78 is 0. The van der Waals surface area contributed by atoms with E-state index in [4.69, 9.17) is 22.9 Å². The van der Waals surface area contributed by atoms with Gasteiger partial charge in [0, 0.05) is 31.3 Å². The highest BCUT2D eigenvalue weighted by molar-refractivity contribution is 5.94. The minimum absolute atomic E-state index is 0.0373. The first-order chi connectivity index (χ1) is 17.8. The third-order valence-electron chi connectivity index (χ3n) is 5.31. The maximum absolute atomic E-state index is 13.2. The zero-order valence-corrected chi connectivity index (χ0v) is 20.9. The van der Waals surface area contributed by atoms with Crippen molar-refractivity contribution in [1.82, 2.24) is 25.9 Å². The van der Waals surface area contributed by atoms with E-state index < -0.39 is 59.9 Å². The lowest BCUT2D eigenvalue weighted by Crippen LogP contribution is -2.58. The number of imidazole rings is 1. The van der Waals surface area contributed by atoms with Gasteiger partial charge in [0.25, 0.3) is 0 Å². The largest absolute Gasteiger partial charge is 0.480 e. The SMILES string of the molecule is CC(O)C(N)C(=O)NC(CCCN=C(N)N)C(=O)NC(Cc1cnc[nH]1)C(=O)NC(CCC(N)=O)C(=O)O. The van der Waals surface area contributed by atoms with Gasteiger partial charge in [-0.1, -0.05) is 0 Å². The first-order valence-corrected chi connectivity index (χ1v) is 11.7. The van der Waals surface area contributed by atoms with Crippen LogP contribution in [0.5, 0.6) is 0 Å². The van der Waals surface area contributed by atoms with Crippen LogP contribution >= 0.6 is 0 Å². The summed E-state index contributed by atoms with van der Waals surface area (Å²) in [7, 11) is 0. The molecule has 5 unspecified atom stereocenters. The number of aliphatic hydroxyl groups is 1. The summed E-state index contributed by atoms with van der Waals surface area (Å²) in [6.07, 6.45) is 1.19. The first kappa shape index (κ1) is 31.8. The number of hydrogen-bond donors (Lipinski definition) is 10. The Morgan fingerprint density at radius 1 is 1.00 bits per heavy atom. The van der Waals surface area contributed by atoms with Gasteiger partial charge in [-0.25, -0.2) is 9.78 Å². The van der Waals surface area contributed by atoms with E-state index in [1.54, 1.807) is 0 Å². The first-order valence-electron chi connectivity index (χ1n) is 11.7. The highest BCUT2D eigenvalue weighted by atomic mass is 16.4. The van der Waals surface area contributed by atoms with E-state index in [0.29, 0.717) is 5.69 Å². The molecule has 0 fully saturated rings. The molecular formula is C21H36N10O7. The van der Waals surface area contributed by atoms with Gasteiger partial charge in [0.1, 0.15) is 24.2 Å². The van der Waals surface area contributed by atoms with E-state index >= 15 is 0 Å². The van der Waals surface area contributed by atoms with Gasteiger partial charge in [0.2, 0.25) is 23.6 Å². The van der Waals surface area contributed by atoms with Crippen LogP contribution in [0.2, 0.25) is 0 Å². The highest BCUT2D eigenvalue weighted by Crippen LogP contribution is 2.06. The molecule has 0 bridgehead atoms. The van der Waals surface area contributed by atoms with Crippen molar-refractivity contribution in [3.63, 3.8) is 0 Å². The fourth-order valence-corrected chi connectivity index (χ4v) is 3.17. The van der Waals surface area contributed by atoms with Gasteiger partial charge in [-0.05, 0) is 26.2 Å². The monoisotopic (exact) mass is 540 g/mol. The van der Waals surface area contributed by atoms with Gasteiger partial charge in [-0.2, -0.15) is 0 Å². The molecule has 0 aromatic carbocycles. The number of hydrogen-bond acceptors (Lipinski definition) is 9. The van der Waals surface area contributed by atoms with Crippen molar-refractivity contribution in [3.8, 4) is 0 Å². The number of H-pyrrole nitrogens is 1. The molecule has 0 aliphatic rings. The third-order valence-corrected chi connectivity index (χ3v) is 5.31. The number of carboxylic acid groups (broad SMARTS) is 1. The summed E-state index contributed by atoms with van der Waals surface area (Å²) in [4.78, 5) is 71.7. The zero-order valence-electron chi connectivity index (χ0n) is 20.9. The van der Waals surface area contributed by atoms with Crippen LogP contribution in [0, 0.1) is 0 Å². The molecule has 4 amide bonds. The van der Waals surface area contributed by atoms with E-state index in [1.807, 2.05) is 0 Å². The van der Waals surface area contributed by atoms with E-state index in [2.05, 4.69) is 30.9 Å². The molecule has 1 aromatic heterocycles. The van der Waals surface area contributed by atoms with Gasteiger partial charge < -0.3 is 54.1 Å². The number of rotatable bonds is 17. The molecule has 5 atom stereocenters. The molecule has 38 heavy (non-hydrogen) atoms. The van der Waals surface area contributed by atoms with Crippen LogP contribution in [-0.2, 0) is 30.4 Å². The quantitative estimate of drug-likeness (QED) is 0.0510. The normalized spacial score (nSPS) is 14.7. The van der Waals surface area contributed by atoms with Crippen molar-refractivity contribution >= 4 is 35.6 Å². The maximum Gasteiger partial charge on any atom is 0.326 e. The van der Waals surface area contributed by atoms with Crippen molar-refractivity contribution in [2.24, 2.45) is 27.9 Å². The number of aliphatic imine (C=N–C) groups is 1. The Kier molecular flexibility index (Phi) is 13.2. The summed E-state index contributed by atoms with van der Waals surface area (Å²) >= 11 is 0. The summed E-state index contributed by atoms with van der Waals surface area (Å²) in [6, 6.07) is -5.28. The predicted octanol–water partition coefficient (Wildman–Crippen LogP) is -4.48. The molecule has 1 heterocycles. The number of nitrogens with zero attached hydrogens (tertiary/aromatic N) is 2. The molecule has 14 N–H and O–H groups in total. The fourth-order valence-electron chi connectivity index (χ4n) is 3.17. The van der Waals surface area contributed by atoms with Gasteiger partial charge in [-0.3, -0.25) is 24.2 Å². The molecule has 1 aromatic rings. The number of carboxylic acids is 1. The lowest BCUT2D eigenvalue weighted by molar-refractivity contribution is -0.142. The van der Waals surface area contributed by atoms with Crippen LogP contribution in [0.25, 0.3) is 0 Å². The van der Waals surface area contributed by atoms with Crippen LogP contribution in [0.4, 0.5) is 0 Å².